The molecule has 274 valence electrons. The standard InChI is InChI=1S/C56H39NO/c1-55(2)47-23-10-8-19-43(47)45-32-31-41(35-50(45)55)57(39-17-4-3-5-18-39)40-29-27-36(28-30-40)42-21-14-22-46-44-20-9-11-24-48(44)56(54(42)46)49-25-12-13-26-52(49)58-53-34-38-16-7-6-15-37(38)33-51(53)56/h3-35H,1-2H3. The summed E-state index contributed by atoms with van der Waals surface area (Å²) in [7, 11) is 0. The molecule has 9 aromatic carbocycles. The number of fused-ring (bicyclic) bond motifs is 13. The van der Waals surface area contributed by atoms with Crippen molar-refractivity contribution in [2.75, 3.05) is 4.90 Å². The van der Waals surface area contributed by atoms with Crippen LogP contribution in [0.4, 0.5) is 17.1 Å². The fourth-order valence-corrected chi connectivity index (χ4v) is 10.5. The quantitative estimate of drug-likeness (QED) is 0.178. The molecule has 1 spiro atoms. The third kappa shape index (κ3) is 4.49. The lowest BCUT2D eigenvalue weighted by Gasteiger charge is -2.40. The highest BCUT2D eigenvalue weighted by Crippen LogP contribution is 2.64. The predicted octanol–water partition coefficient (Wildman–Crippen LogP) is 14.8. The number of hydrogen-bond donors (Lipinski definition) is 0. The average Bonchev–Trinajstić information content (AvgIpc) is 3.69. The minimum atomic E-state index is -0.583. The van der Waals surface area contributed by atoms with E-state index in [4.69, 9.17) is 4.74 Å². The lowest BCUT2D eigenvalue weighted by molar-refractivity contribution is 0.437. The Bertz CT molecular complexity index is 3120. The number of hydrogen-bond acceptors (Lipinski definition) is 2. The Morgan fingerprint density at radius 3 is 1.72 bits per heavy atom. The maximum absolute atomic E-state index is 6.83. The maximum atomic E-state index is 6.83. The Morgan fingerprint density at radius 1 is 0.362 bits per heavy atom. The van der Waals surface area contributed by atoms with Gasteiger partial charge in [0.25, 0.3) is 0 Å². The molecule has 0 bridgehead atoms. The predicted molar refractivity (Wildman–Crippen MR) is 239 cm³/mol. The van der Waals surface area contributed by atoms with Crippen LogP contribution in [-0.4, -0.2) is 0 Å². The van der Waals surface area contributed by atoms with Crippen molar-refractivity contribution in [2.24, 2.45) is 0 Å². The zero-order valence-corrected chi connectivity index (χ0v) is 32.4. The van der Waals surface area contributed by atoms with Crippen molar-refractivity contribution in [1.82, 2.24) is 0 Å². The minimum Gasteiger partial charge on any atom is -0.457 e. The Kier molecular flexibility index (Phi) is 6.93. The van der Waals surface area contributed by atoms with Crippen LogP contribution in [0.2, 0.25) is 0 Å². The van der Waals surface area contributed by atoms with Gasteiger partial charge in [0.15, 0.2) is 0 Å². The molecule has 2 aliphatic carbocycles. The van der Waals surface area contributed by atoms with E-state index in [1.165, 1.54) is 77.5 Å². The zero-order chi connectivity index (χ0) is 38.6. The summed E-state index contributed by atoms with van der Waals surface area (Å²) >= 11 is 0. The van der Waals surface area contributed by atoms with E-state index in [1.54, 1.807) is 0 Å². The van der Waals surface area contributed by atoms with Crippen LogP contribution in [0, 0.1) is 0 Å². The first-order valence-corrected chi connectivity index (χ1v) is 20.3. The van der Waals surface area contributed by atoms with Gasteiger partial charge >= 0.3 is 0 Å². The SMILES string of the molecule is CC1(C)c2ccccc2-c2ccc(N(c3ccccc3)c3ccc(-c4cccc5c4C4(c6ccccc6Oc6cc7ccccc7cc64)c4ccccc4-5)cc3)cc21. The molecule has 9 aromatic rings. The maximum Gasteiger partial charge on any atom is 0.132 e. The summed E-state index contributed by atoms with van der Waals surface area (Å²) in [5.41, 5.74) is 18.0. The molecule has 0 saturated heterocycles. The van der Waals surface area contributed by atoms with E-state index in [9.17, 15) is 0 Å². The largest absolute Gasteiger partial charge is 0.457 e. The number of ether oxygens (including phenoxy) is 1. The minimum absolute atomic E-state index is 0.0942. The molecule has 12 rings (SSSR count). The molecule has 0 amide bonds. The van der Waals surface area contributed by atoms with Gasteiger partial charge in [-0.3, -0.25) is 0 Å². The lowest BCUT2D eigenvalue weighted by atomic mass is 9.64. The van der Waals surface area contributed by atoms with E-state index in [0.717, 1.165) is 28.6 Å². The summed E-state index contributed by atoms with van der Waals surface area (Å²) in [6.07, 6.45) is 0. The normalized spacial score (nSPS) is 16.1. The summed E-state index contributed by atoms with van der Waals surface area (Å²) in [5.74, 6) is 1.81. The smallest absolute Gasteiger partial charge is 0.132 e. The highest BCUT2D eigenvalue weighted by atomic mass is 16.5. The third-order valence-corrected chi connectivity index (χ3v) is 13.1. The molecule has 3 aliphatic rings. The van der Waals surface area contributed by atoms with E-state index < -0.39 is 5.41 Å². The number of anilines is 3. The van der Waals surface area contributed by atoms with Gasteiger partial charge in [0, 0.05) is 33.6 Å². The molecule has 1 unspecified atom stereocenters. The summed E-state index contributed by atoms with van der Waals surface area (Å²) in [6, 6.07) is 73.6. The van der Waals surface area contributed by atoms with Crippen molar-refractivity contribution in [2.45, 2.75) is 24.7 Å². The van der Waals surface area contributed by atoms with Crippen LogP contribution in [0.5, 0.6) is 11.5 Å². The van der Waals surface area contributed by atoms with Crippen molar-refractivity contribution >= 4 is 27.8 Å². The van der Waals surface area contributed by atoms with Crippen molar-refractivity contribution in [3.8, 4) is 44.9 Å². The number of para-hydroxylation sites is 2. The van der Waals surface area contributed by atoms with Gasteiger partial charge in [0.05, 0.1) is 5.41 Å². The van der Waals surface area contributed by atoms with E-state index >= 15 is 0 Å². The summed E-state index contributed by atoms with van der Waals surface area (Å²) in [4.78, 5) is 2.39. The molecule has 0 saturated carbocycles. The van der Waals surface area contributed by atoms with Crippen LogP contribution in [0.25, 0.3) is 44.2 Å². The van der Waals surface area contributed by atoms with Crippen molar-refractivity contribution in [1.29, 1.82) is 0 Å². The number of benzene rings is 9. The van der Waals surface area contributed by atoms with E-state index in [0.29, 0.717) is 0 Å². The van der Waals surface area contributed by atoms with Gasteiger partial charge < -0.3 is 9.64 Å². The molecule has 0 radical (unpaired) electrons. The molecular formula is C56H39NO. The second-order valence-corrected chi connectivity index (χ2v) is 16.4. The molecule has 2 heteroatoms. The Balaban J connectivity index is 1.05. The van der Waals surface area contributed by atoms with Gasteiger partial charge in [-0.1, -0.05) is 159 Å². The molecule has 0 aromatic heterocycles. The van der Waals surface area contributed by atoms with Crippen LogP contribution in [-0.2, 0) is 10.8 Å². The highest BCUT2D eigenvalue weighted by molar-refractivity contribution is 5.97. The Labute approximate surface area is 339 Å². The first-order chi connectivity index (χ1) is 28.5. The number of nitrogens with zero attached hydrogens (tertiary/aromatic N) is 1. The first-order valence-electron chi connectivity index (χ1n) is 20.3. The topological polar surface area (TPSA) is 12.5 Å². The average molecular weight is 742 g/mol. The Hall–Kier alpha value is -7.16. The molecule has 0 fully saturated rings. The summed E-state index contributed by atoms with van der Waals surface area (Å²) < 4.78 is 6.83. The summed E-state index contributed by atoms with van der Waals surface area (Å²) in [6.45, 7) is 4.70. The second kappa shape index (κ2) is 12.2. The Morgan fingerprint density at radius 2 is 0.931 bits per heavy atom. The summed E-state index contributed by atoms with van der Waals surface area (Å²) in [5, 5.41) is 2.38. The van der Waals surface area contributed by atoms with Gasteiger partial charge in [-0.25, -0.2) is 0 Å². The molecular weight excluding hydrogens is 703 g/mol. The van der Waals surface area contributed by atoms with Gasteiger partial charge in [-0.2, -0.15) is 0 Å². The zero-order valence-electron chi connectivity index (χ0n) is 32.4. The molecule has 0 N–H and O–H groups in total. The van der Waals surface area contributed by atoms with Crippen molar-refractivity contribution in [3.63, 3.8) is 0 Å². The number of rotatable bonds is 4. The molecule has 1 heterocycles. The van der Waals surface area contributed by atoms with Crippen LogP contribution in [0.1, 0.15) is 47.2 Å². The van der Waals surface area contributed by atoms with E-state index in [1.807, 2.05) is 0 Å². The highest BCUT2D eigenvalue weighted by Gasteiger charge is 2.52. The van der Waals surface area contributed by atoms with E-state index in [-0.39, 0.29) is 5.41 Å². The van der Waals surface area contributed by atoms with Gasteiger partial charge in [-0.05, 0) is 121 Å². The second-order valence-electron chi connectivity index (χ2n) is 16.4. The molecule has 58 heavy (non-hydrogen) atoms. The van der Waals surface area contributed by atoms with Crippen LogP contribution in [0.3, 0.4) is 0 Å². The van der Waals surface area contributed by atoms with Crippen molar-refractivity contribution < 1.29 is 4.74 Å². The first kappa shape index (κ1) is 33.0. The van der Waals surface area contributed by atoms with Crippen LogP contribution >= 0.6 is 0 Å². The van der Waals surface area contributed by atoms with Gasteiger partial charge in [0.1, 0.15) is 11.5 Å². The molecule has 1 atom stereocenters. The third-order valence-electron chi connectivity index (χ3n) is 13.1. The van der Waals surface area contributed by atoms with E-state index in [2.05, 4.69) is 219 Å². The van der Waals surface area contributed by atoms with Crippen LogP contribution in [0.15, 0.2) is 200 Å². The monoisotopic (exact) mass is 741 g/mol. The fraction of sp³-hybridized carbons (Fsp3) is 0.0714. The molecule has 2 nitrogen and oxygen atoms in total. The van der Waals surface area contributed by atoms with Gasteiger partial charge in [-0.15, -0.1) is 0 Å². The lowest BCUT2D eigenvalue weighted by Crippen LogP contribution is -2.32. The van der Waals surface area contributed by atoms with Crippen LogP contribution < -0.4 is 9.64 Å². The fourth-order valence-electron chi connectivity index (χ4n) is 10.5. The van der Waals surface area contributed by atoms with Crippen molar-refractivity contribution in [3.05, 3.63) is 234 Å². The van der Waals surface area contributed by atoms with Gasteiger partial charge in [0.2, 0.25) is 0 Å². The molecule has 1 aliphatic heterocycles.